The predicted octanol–water partition coefficient (Wildman–Crippen LogP) is 2.45. The zero-order valence-corrected chi connectivity index (χ0v) is 6.49. The molecule has 1 rings (SSSR count). The molecule has 1 aliphatic heterocycles. The van der Waals surface area contributed by atoms with Crippen LogP contribution in [0, 0.1) is 0 Å². The summed E-state index contributed by atoms with van der Waals surface area (Å²) in [4.78, 5) is 5.75. The van der Waals surface area contributed by atoms with Gasteiger partial charge in [-0.25, -0.2) is 9.28 Å². The van der Waals surface area contributed by atoms with Crippen LogP contribution in [0.1, 0.15) is 0 Å². The lowest BCUT2D eigenvalue weighted by atomic mass is 10.1. The molecule has 0 amide bonds. The number of hydrogen-bond acceptors (Lipinski definition) is 2. The molecule has 3 unspecified atom stereocenters. The van der Waals surface area contributed by atoms with Gasteiger partial charge >= 0.3 is 18.2 Å². The van der Waals surface area contributed by atoms with E-state index < -0.39 is 30.5 Å². The van der Waals surface area contributed by atoms with Crippen molar-refractivity contribution in [3.05, 3.63) is 0 Å². The molecule has 1 aliphatic rings. The first-order valence-electron chi connectivity index (χ1n) is 3.31. The van der Waals surface area contributed by atoms with Crippen molar-refractivity contribution in [2.75, 3.05) is 0 Å². The van der Waals surface area contributed by atoms with E-state index in [1.165, 1.54) is 0 Å². The van der Waals surface area contributed by atoms with Crippen molar-refractivity contribution in [2.24, 2.45) is 0 Å². The average Bonchev–Trinajstić information content (AvgIpc) is 2.27. The molecule has 0 N–H and O–H groups in total. The van der Waals surface area contributed by atoms with Crippen LogP contribution in [0.3, 0.4) is 0 Å². The van der Waals surface area contributed by atoms with Crippen molar-refractivity contribution in [1.82, 2.24) is 0 Å². The maximum Gasteiger partial charge on any atom is 0.454 e. The molecule has 1 fully saturated rings. The lowest BCUT2D eigenvalue weighted by molar-refractivity contribution is -0.438. The fourth-order valence-corrected chi connectivity index (χ4v) is 0.835. The molecule has 0 saturated carbocycles. The maximum atomic E-state index is 12.6. The molecular weight excluding hydrogens is 244 g/mol. The Kier molecular flexibility index (Phi) is 2.63. The number of alkyl halides is 8. The Morgan fingerprint density at radius 3 is 1.67 bits per heavy atom. The minimum absolute atomic E-state index is 2.77. The highest BCUT2D eigenvalue weighted by atomic mass is 19.4. The second kappa shape index (κ2) is 3.17. The zero-order valence-electron chi connectivity index (χ0n) is 6.49. The summed E-state index contributed by atoms with van der Waals surface area (Å²) >= 11 is 0. The van der Waals surface area contributed by atoms with Gasteiger partial charge in [-0.05, 0) is 0 Å². The molecule has 2 nitrogen and oxygen atoms in total. The van der Waals surface area contributed by atoms with E-state index in [0.717, 1.165) is 0 Å². The molecule has 0 radical (unpaired) electrons. The molecule has 0 spiro atoms. The molecule has 0 aromatic heterocycles. The molecular formula is C5H2F8O2. The van der Waals surface area contributed by atoms with Gasteiger partial charge in [-0.15, -0.1) is 0 Å². The van der Waals surface area contributed by atoms with Gasteiger partial charge in [0.2, 0.25) is 12.3 Å². The summed E-state index contributed by atoms with van der Waals surface area (Å²) in [6.45, 7) is 0. The van der Waals surface area contributed by atoms with E-state index in [4.69, 9.17) is 0 Å². The van der Waals surface area contributed by atoms with Gasteiger partial charge in [-0.1, -0.05) is 0 Å². The molecule has 3 atom stereocenters. The van der Waals surface area contributed by atoms with E-state index in [9.17, 15) is 35.1 Å². The highest BCUT2D eigenvalue weighted by molar-refractivity contribution is 4.95. The fourth-order valence-electron chi connectivity index (χ4n) is 0.835. The van der Waals surface area contributed by atoms with Gasteiger partial charge in [0.1, 0.15) is 0 Å². The third-order valence-electron chi connectivity index (χ3n) is 1.60. The Labute approximate surface area is 76.7 Å². The van der Waals surface area contributed by atoms with E-state index in [2.05, 4.69) is 9.78 Å². The largest absolute Gasteiger partial charge is 0.454 e. The average molecular weight is 246 g/mol. The summed E-state index contributed by atoms with van der Waals surface area (Å²) < 4.78 is 95.8. The van der Waals surface area contributed by atoms with Crippen LogP contribution in [-0.2, 0) is 9.78 Å². The SMILES string of the molecule is FC1C(C(F)(F)F)OOC1(F)C(F)(F)F. The van der Waals surface area contributed by atoms with Crippen molar-refractivity contribution < 1.29 is 44.9 Å². The highest BCUT2D eigenvalue weighted by Gasteiger charge is 2.75. The van der Waals surface area contributed by atoms with Gasteiger partial charge in [0.15, 0.2) is 0 Å². The standard InChI is InChI=1S/C5H2F8O2/c6-1-2(4(8,9)10)14-15-3(1,7)5(11,12)13/h1-2H. The minimum atomic E-state index is -5.95. The van der Waals surface area contributed by atoms with Crippen LogP contribution in [-0.4, -0.2) is 30.5 Å². The Balaban J connectivity index is 2.94. The third kappa shape index (κ3) is 1.87. The van der Waals surface area contributed by atoms with Gasteiger partial charge in [0.05, 0.1) is 0 Å². The first-order chi connectivity index (χ1) is 6.50. The number of rotatable bonds is 0. The van der Waals surface area contributed by atoms with Crippen LogP contribution in [0.4, 0.5) is 35.1 Å². The van der Waals surface area contributed by atoms with Gasteiger partial charge in [0.25, 0.3) is 0 Å². The van der Waals surface area contributed by atoms with Gasteiger partial charge in [0, 0.05) is 0 Å². The van der Waals surface area contributed by atoms with Crippen LogP contribution < -0.4 is 0 Å². The van der Waals surface area contributed by atoms with E-state index in [1.807, 2.05) is 0 Å². The molecule has 10 heteroatoms. The molecule has 0 bridgehead atoms. The topological polar surface area (TPSA) is 18.5 Å². The molecule has 1 saturated heterocycles. The normalized spacial score (nSPS) is 38.4. The van der Waals surface area contributed by atoms with E-state index >= 15 is 0 Å². The lowest BCUT2D eigenvalue weighted by Crippen LogP contribution is -2.51. The van der Waals surface area contributed by atoms with E-state index in [1.54, 1.807) is 0 Å². The Morgan fingerprint density at radius 1 is 1.00 bits per heavy atom. The van der Waals surface area contributed by atoms with Crippen molar-refractivity contribution in [1.29, 1.82) is 0 Å². The monoisotopic (exact) mass is 246 g/mol. The molecule has 1 heterocycles. The van der Waals surface area contributed by atoms with Gasteiger partial charge in [-0.2, -0.15) is 35.6 Å². The summed E-state index contributed by atoms with van der Waals surface area (Å²) in [6.07, 6.45) is -19.0. The predicted molar refractivity (Wildman–Crippen MR) is 26.8 cm³/mol. The van der Waals surface area contributed by atoms with Gasteiger partial charge < -0.3 is 0 Å². The summed E-state index contributed by atoms with van der Waals surface area (Å²) in [6, 6.07) is 0. The summed E-state index contributed by atoms with van der Waals surface area (Å²) in [5, 5.41) is 0. The Hall–Kier alpha value is -0.640. The highest BCUT2D eigenvalue weighted by Crippen LogP contribution is 2.48. The minimum Gasteiger partial charge on any atom is -0.237 e. The van der Waals surface area contributed by atoms with E-state index in [0.29, 0.717) is 0 Å². The zero-order chi connectivity index (χ0) is 12.1. The van der Waals surface area contributed by atoms with Crippen LogP contribution in [0.25, 0.3) is 0 Å². The van der Waals surface area contributed by atoms with Crippen molar-refractivity contribution in [3.8, 4) is 0 Å². The lowest BCUT2D eigenvalue weighted by Gasteiger charge is -2.22. The Bertz CT molecular complexity index is 246. The first kappa shape index (κ1) is 12.4. The number of hydrogen-bond donors (Lipinski definition) is 0. The Morgan fingerprint density at radius 2 is 1.47 bits per heavy atom. The second-order valence-corrected chi connectivity index (χ2v) is 2.69. The van der Waals surface area contributed by atoms with Crippen LogP contribution in [0.5, 0.6) is 0 Å². The third-order valence-corrected chi connectivity index (χ3v) is 1.60. The molecule has 15 heavy (non-hydrogen) atoms. The molecule has 0 aromatic rings. The van der Waals surface area contributed by atoms with Crippen molar-refractivity contribution >= 4 is 0 Å². The summed E-state index contributed by atoms with van der Waals surface area (Å²) in [5.74, 6) is -5.09. The second-order valence-electron chi connectivity index (χ2n) is 2.69. The summed E-state index contributed by atoms with van der Waals surface area (Å²) in [5.41, 5.74) is 0. The number of halogens is 8. The first-order valence-corrected chi connectivity index (χ1v) is 3.31. The van der Waals surface area contributed by atoms with Crippen molar-refractivity contribution in [3.63, 3.8) is 0 Å². The molecule has 0 aromatic carbocycles. The summed E-state index contributed by atoms with van der Waals surface area (Å²) in [7, 11) is 0. The van der Waals surface area contributed by atoms with Crippen molar-refractivity contribution in [2.45, 2.75) is 30.5 Å². The maximum absolute atomic E-state index is 12.6. The quantitative estimate of drug-likeness (QED) is 0.482. The molecule has 90 valence electrons. The van der Waals surface area contributed by atoms with E-state index in [-0.39, 0.29) is 0 Å². The van der Waals surface area contributed by atoms with Crippen LogP contribution in [0.15, 0.2) is 0 Å². The fraction of sp³-hybridized carbons (Fsp3) is 1.00. The van der Waals surface area contributed by atoms with Crippen LogP contribution >= 0.6 is 0 Å². The van der Waals surface area contributed by atoms with Gasteiger partial charge in [-0.3, -0.25) is 0 Å². The smallest absolute Gasteiger partial charge is 0.237 e. The molecule has 0 aliphatic carbocycles. The van der Waals surface area contributed by atoms with Crippen LogP contribution in [0.2, 0.25) is 0 Å².